The van der Waals surface area contributed by atoms with Crippen LogP contribution in [0.5, 0.6) is 0 Å². The minimum Gasteiger partial charge on any atom is -0.481 e. The summed E-state index contributed by atoms with van der Waals surface area (Å²) in [7, 11) is 0. The van der Waals surface area contributed by atoms with Crippen molar-refractivity contribution in [3.05, 3.63) is 114 Å². The summed E-state index contributed by atoms with van der Waals surface area (Å²) in [6.45, 7) is 13.5. The zero-order valence-electron chi connectivity index (χ0n) is 37.6. The smallest absolute Gasteiger partial charge is 0.345 e. The van der Waals surface area contributed by atoms with Gasteiger partial charge in [-0.3, -0.25) is 33.3 Å². The van der Waals surface area contributed by atoms with Gasteiger partial charge in [-0.1, -0.05) is 69.7 Å². The second-order valence-corrected chi connectivity index (χ2v) is 21.0. The standard InChI is InChI=1S/C13H11Cl2NO2.C13H12ClNO3.C13H13NO4.2C2H4O2.Cl3OP.H3N/c1-3-18-13(17)10-11(14)8-6-7(2)4-5-9(8)16-12(10)15;1-3-18-13(17)10-11(14)8-6-7(2)4-5-9(8)15-12(10)16;1-3-18-13(17)10-11(15)8-6-7(2)4-5-9(8)14-12(10)16;2*1-2(3)4;1-5(2,3)4;/h4-6H,3H2,1-2H3;4-6H,3H2,1-2H3,(H,15,16);4-6,10H,3H2,1-2H3,(H,14,16);2*1H3,(H,3,4);;1H3. The number of nitrogens with one attached hydrogen (secondary N) is 2. The first-order valence-corrected chi connectivity index (χ1v) is 24.8. The van der Waals surface area contributed by atoms with Gasteiger partial charge in [0, 0.05) is 35.7 Å². The molecule has 370 valence electrons. The number of benzene rings is 3. The van der Waals surface area contributed by atoms with Crippen molar-refractivity contribution in [1.29, 1.82) is 0 Å². The average Bonchev–Trinajstić information content (AvgIpc) is 3.19. The molecule has 18 nitrogen and oxygen atoms in total. The zero-order chi connectivity index (χ0) is 51.5. The van der Waals surface area contributed by atoms with Crippen LogP contribution in [0.4, 0.5) is 5.69 Å². The van der Waals surface area contributed by atoms with Crippen molar-refractivity contribution >= 4 is 143 Å². The quantitative estimate of drug-likeness (QED) is 0.0347. The van der Waals surface area contributed by atoms with E-state index in [2.05, 4.69) is 49.0 Å². The molecule has 1 unspecified atom stereocenters. The van der Waals surface area contributed by atoms with Crippen LogP contribution in [0, 0.1) is 26.7 Å². The second kappa shape index (κ2) is 29.6. The van der Waals surface area contributed by atoms with E-state index in [0.29, 0.717) is 33.1 Å². The molecule has 2 aromatic heterocycles. The third-order valence-corrected chi connectivity index (χ3v) is 8.90. The van der Waals surface area contributed by atoms with Gasteiger partial charge in [-0.25, -0.2) is 14.6 Å². The monoisotopic (exact) mass is 1080 g/mol. The highest BCUT2D eigenvalue weighted by Gasteiger charge is 2.40. The Labute approximate surface area is 419 Å². The number of aromatic amines is 1. The molecule has 7 N–H and O–H groups in total. The number of halogens is 6. The number of esters is 3. The molecule has 0 radical (unpaired) electrons. The van der Waals surface area contributed by atoms with E-state index in [-0.39, 0.29) is 52.3 Å². The zero-order valence-corrected chi connectivity index (χ0v) is 43.0. The van der Waals surface area contributed by atoms with Gasteiger partial charge in [0.25, 0.3) is 17.5 Å². The number of rotatable bonds is 6. The molecule has 0 saturated carbocycles. The molecule has 5 aromatic rings. The first kappa shape index (κ1) is 62.7. The third kappa shape index (κ3) is 20.5. The Morgan fingerprint density at radius 1 is 0.691 bits per heavy atom. The molecule has 68 heavy (non-hydrogen) atoms. The molecule has 0 aliphatic carbocycles. The molecule has 0 bridgehead atoms. The van der Waals surface area contributed by atoms with Crippen LogP contribution in [0.25, 0.3) is 21.8 Å². The summed E-state index contributed by atoms with van der Waals surface area (Å²) < 4.78 is 24.0. The van der Waals surface area contributed by atoms with Crippen molar-refractivity contribution in [2.75, 3.05) is 25.1 Å². The van der Waals surface area contributed by atoms with Gasteiger partial charge in [0.2, 0.25) is 5.91 Å². The predicted molar refractivity (Wildman–Crippen MR) is 264 cm³/mol. The number of Topliss-reactive ketones (excluding diaryl/α,β-unsaturated/α-hetero) is 1. The molecule has 0 fully saturated rings. The van der Waals surface area contributed by atoms with Crippen LogP contribution in [0.3, 0.4) is 0 Å². The normalized spacial score (nSPS) is 12.0. The summed E-state index contributed by atoms with van der Waals surface area (Å²) in [5.74, 6) is -6.24. The minimum atomic E-state index is -3.22. The first-order chi connectivity index (χ1) is 31.1. The molecular weight excluding hydrogens is 1040 g/mol. The number of aliphatic carboxylic acids is 2. The van der Waals surface area contributed by atoms with Gasteiger partial charge >= 0.3 is 23.1 Å². The van der Waals surface area contributed by atoms with Crippen LogP contribution >= 0.6 is 73.7 Å². The SMILES string of the molecule is CC(=O)O.CC(=O)O.CCOC(=O)C1C(=O)Nc2ccc(C)cc2C1=O.CCOC(=O)c1c(Cl)c2cc(C)ccc2[nH]c1=O.CCOC(=O)c1c(Cl)nc2ccc(C)cc2c1Cl.N.O=P(Cl)(Cl)Cl. The molecule has 25 heteroatoms. The molecule has 0 spiro atoms. The fourth-order valence-corrected chi connectivity index (χ4v) is 6.28. The molecule has 1 amide bonds. The number of carboxylic acid groups (broad SMARTS) is 2. The lowest BCUT2D eigenvalue weighted by molar-refractivity contribution is -0.149. The Kier molecular flexibility index (Phi) is 27.3. The van der Waals surface area contributed by atoms with Gasteiger partial charge in [0.1, 0.15) is 16.3 Å². The van der Waals surface area contributed by atoms with Gasteiger partial charge in [-0.15, -0.1) is 0 Å². The summed E-state index contributed by atoms with van der Waals surface area (Å²) in [6.07, 6.45) is 0. The van der Waals surface area contributed by atoms with Crippen LogP contribution in [0.15, 0.2) is 59.4 Å². The number of H-pyrrole nitrogens is 1. The van der Waals surface area contributed by atoms with Crippen molar-refractivity contribution in [3.63, 3.8) is 0 Å². The highest BCUT2D eigenvalue weighted by atomic mass is 36.0. The lowest BCUT2D eigenvalue weighted by atomic mass is 9.91. The number of carbonyl (C=O) groups excluding carboxylic acids is 5. The maximum atomic E-state index is 12.1. The van der Waals surface area contributed by atoms with E-state index < -0.39 is 58.2 Å². The van der Waals surface area contributed by atoms with Crippen molar-refractivity contribution in [2.24, 2.45) is 5.92 Å². The molecule has 1 aliphatic heterocycles. The fraction of sp³-hybridized carbons (Fsp3) is 0.279. The Morgan fingerprint density at radius 2 is 1.12 bits per heavy atom. The number of hydrogen-bond acceptors (Lipinski definition) is 14. The number of ether oxygens (including phenoxy) is 3. The van der Waals surface area contributed by atoms with E-state index >= 15 is 0 Å². The summed E-state index contributed by atoms with van der Waals surface area (Å²) in [6, 6.07) is 16.1. The number of aromatic nitrogens is 2. The van der Waals surface area contributed by atoms with E-state index in [4.69, 9.17) is 68.8 Å². The maximum absolute atomic E-state index is 12.1. The number of nitrogens with zero attached hydrogens (tertiary/aromatic N) is 1. The van der Waals surface area contributed by atoms with E-state index in [1.807, 2.05) is 51.1 Å². The molecule has 3 aromatic carbocycles. The van der Waals surface area contributed by atoms with E-state index in [1.54, 1.807) is 45.0 Å². The van der Waals surface area contributed by atoms with Crippen LogP contribution < -0.4 is 17.0 Å². The predicted octanol–water partition coefficient (Wildman–Crippen LogP) is 11.2. The number of ketones is 1. The summed E-state index contributed by atoms with van der Waals surface area (Å²) >= 11 is 32.2. The largest absolute Gasteiger partial charge is 0.481 e. The Balaban J connectivity index is 0.000000869. The summed E-state index contributed by atoms with van der Waals surface area (Å²) in [4.78, 5) is 95.6. The van der Waals surface area contributed by atoms with Crippen LogP contribution in [-0.2, 0) is 38.0 Å². The lowest BCUT2D eigenvalue weighted by Gasteiger charge is -2.22. The average molecular weight is 1090 g/mol. The summed E-state index contributed by atoms with van der Waals surface area (Å²) in [5, 5.41) is 16.0. The highest BCUT2D eigenvalue weighted by molar-refractivity contribution is 8.24. The summed E-state index contributed by atoms with van der Waals surface area (Å²) in [5.41, 5.74) is 4.41. The fourth-order valence-electron chi connectivity index (χ4n) is 5.33. The van der Waals surface area contributed by atoms with Crippen molar-refractivity contribution in [3.8, 4) is 0 Å². The minimum absolute atomic E-state index is 0. The van der Waals surface area contributed by atoms with Crippen LogP contribution in [0.1, 0.15) is 82.4 Å². The van der Waals surface area contributed by atoms with E-state index in [0.717, 1.165) is 30.5 Å². The van der Waals surface area contributed by atoms with Crippen molar-refractivity contribution in [1.82, 2.24) is 16.1 Å². The number of aryl methyl sites for hydroxylation is 3. The van der Waals surface area contributed by atoms with Gasteiger partial charge < -0.3 is 40.9 Å². The van der Waals surface area contributed by atoms with Crippen LogP contribution in [-0.4, -0.2) is 81.5 Å². The van der Waals surface area contributed by atoms with Crippen molar-refractivity contribution < 1.29 is 62.6 Å². The molecule has 1 aliphatic rings. The molecule has 3 heterocycles. The number of carbonyl (C=O) groups is 7. The number of carboxylic acids is 2. The van der Waals surface area contributed by atoms with Gasteiger partial charge in [0.05, 0.1) is 41.1 Å². The molecule has 6 rings (SSSR count). The Bertz CT molecular complexity index is 2740. The number of fused-ring (bicyclic) bond motifs is 3. The lowest BCUT2D eigenvalue weighted by Crippen LogP contribution is -2.41. The van der Waals surface area contributed by atoms with Crippen LogP contribution in [0.2, 0.25) is 15.2 Å². The van der Waals surface area contributed by atoms with Crippen molar-refractivity contribution in [2.45, 2.75) is 55.4 Å². The maximum Gasteiger partial charge on any atom is 0.345 e. The van der Waals surface area contributed by atoms with Gasteiger partial charge in [0.15, 0.2) is 11.7 Å². The number of hydrogen-bond donors (Lipinski definition) is 5. The van der Waals surface area contributed by atoms with Gasteiger partial charge in [-0.05, 0) is 112 Å². The van der Waals surface area contributed by atoms with E-state index in [9.17, 15) is 33.3 Å². The number of amides is 1. The molecule has 1 atom stereocenters. The Hall–Kier alpha value is -5.30. The second-order valence-electron chi connectivity index (χ2n) is 13.3. The third-order valence-electron chi connectivity index (χ3n) is 7.84. The topological polar surface area (TPSA) is 297 Å². The van der Waals surface area contributed by atoms with Gasteiger partial charge in [-0.2, -0.15) is 0 Å². The number of anilines is 1. The van der Waals surface area contributed by atoms with E-state index in [1.165, 1.54) is 0 Å². The first-order valence-electron chi connectivity index (χ1n) is 19.2. The molecular formula is C43H47Cl6N4O14P. The Morgan fingerprint density at radius 3 is 1.62 bits per heavy atom. The molecule has 0 saturated heterocycles. The highest BCUT2D eigenvalue weighted by Crippen LogP contribution is 2.61. The number of pyridine rings is 2.